The molecule has 11 heteroatoms. The van der Waals surface area contributed by atoms with Crippen molar-refractivity contribution in [3.63, 3.8) is 0 Å². The van der Waals surface area contributed by atoms with E-state index < -0.39 is 17.9 Å². The van der Waals surface area contributed by atoms with Gasteiger partial charge < -0.3 is 10.4 Å². The van der Waals surface area contributed by atoms with Crippen LogP contribution in [0, 0.1) is 11.8 Å². The number of carboxylic acids is 1. The number of thiazole rings is 1. The van der Waals surface area contributed by atoms with Crippen molar-refractivity contribution in [2.24, 2.45) is 16.9 Å². The van der Waals surface area contributed by atoms with E-state index in [4.69, 9.17) is 5.10 Å². The molecule has 3 amide bonds. The molecule has 45 heavy (non-hydrogen) atoms. The van der Waals surface area contributed by atoms with Crippen LogP contribution < -0.4 is 10.2 Å². The first-order chi connectivity index (χ1) is 21.9. The number of aromatic nitrogens is 1. The van der Waals surface area contributed by atoms with E-state index in [1.165, 1.54) is 9.91 Å². The highest BCUT2D eigenvalue weighted by atomic mass is 32.1. The molecule has 3 aromatic rings. The van der Waals surface area contributed by atoms with Crippen molar-refractivity contribution in [1.29, 1.82) is 0 Å². The van der Waals surface area contributed by atoms with Crippen molar-refractivity contribution in [3.8, 4) is 11.3 Å². The highest BCUT2D eigenvalue weighted by Crippen LogP contribution is 2.35. The number of ketones is 1. The minimum absolute atomic E-state index is 0.0155. The molecule has 2 fully saturated rings. The van der Waals surface area contributed by atoms with Crippen molar-refractivity contribution in [1.82, 2.24) is 9.99 Å². The predicted molar refractivity (Wildman–Crippen MR) is 174 cm³/mol. The van der Waals surface area contributed by atoms with Crippen LogP contribution in [0.3, 0.4) is 0 Å². The fourth-order valence-corrected chi connectivity index (χ4v) is 7.30. The second kappa shape index (κ2) is 13.7. The summed E-state index contributed by atoms with van der Waals surface area (Å²) in [4.78, 5) is 58.1. The van der Waals surface area contributed by atoms with Crippen molar-refractivity contribution in [2.75, 3.05) is 23.3 Å². The van der Waals surface area contributed by atoms with Gasteiger partial charge >= 0.3 is 12.0 Å². The molecular weight excluding hydrogens is 590 g/mol. The molecule has 2 aliphatic carbocycles. The molecule has 0 atom stereocenters. The van der Waals surface area contributed by atoms with Crippen LogP contribution >= 0.6 is 11.3 Å². The minimum atomic E-state index is -1.09. The number of fused-ring (bicyclic) bond motifs is 1. The highest BCUT2D eigenvalue weighted by molar-refractivity contribution is 7.11. The second-order valence-electron chi connectivity index (χ2n) is 12.0. The number of urea groups is 1. The van der Waals surface area contributed by atoms with Gasteiger partial charge in [-0.2, -0.15) is 5.10 Å². The summed E-state index contributed by atoms with van der Waals surface area (Å²) in [6.07, 6.45) is 10.1. The molecule has 0 spiro atoms. The van der Waals surface area contributed by atoms with Crippen molar-refractivity contribution in [2.45, 2.75) is 64.2 Å². The van der Waals surface area contributed by atoms with Crippen LogP contribution in [0.2, 0.25) is 0 Å². The number of carbonyl (C=O) groups excluding carboxylic acids is 3. The first-order valence-electron chi connectivity index (χ1n) is 15.8. The lowest BCUT2D eigenvalue weighted by Crippen LogP contribution is -2.46. The lowest BCUT2D eigenvalue weighted by molar-refractivity contribution is -0.122. The molecule has 1 aliphatic heterocycles. The lowest BCUT2D eigenvalue weighted by Gasteiger charge is -2.28. The van der Waals surface area contributed by atoms with E-state index in [0.29, 0.717) is 22.6 Å². The van der Waals surface area contributed by atoms with Gasteiger partial charge in [0, 0.05) is 34.0 Å². The number of hydrogen-bond donors (Lipinski definition) is 2. The molecule has 2 saturated carbocycles. The van der Waals surface area contributed by atoms with E-state index in [0.717, 1.165) is 86.8 Å². The SMILES string of the molecule is O=C(CN1N=C(C2CCCCC2)c2ccccc2N(CC(=O)C2CCCCC2)C1=O)Nc1cccc(-c2csc(C(=O)O)n2)c1. The Balaban J connectivity index is 1.27. The first kappa shape index (κ1) is 30.6. The number of carbonyl (C=O) groups is 4. The van der Waals surface area contributed by atoms with Gasteiger partial charge in [0.2, 0.25) is 10.9 Å². The Kier molecular flexibility index (Phi) is 9.34. The smallest absolute Gasteiger partial charge is 0.365 e. The monoisotopic (exact) mass is 627 g/mol. The Morgan fingerprint density at radius 3 is 2.38 bits per heavy atom. The van der Waals surface area contributed by atoms with E-state index in [1.807, 2.05) is 24.3 Å². The van der Waals surface area contributed by atoms with Crippen molar-refractivity contribution < 1.29 is 24.3 Å². The Morgan fingerprint density at radius 1 is 0.911 bits per heavy atom. The third-order valence-corrected chi connectivity index (χ3v) is 9.77. The Labute approximate surface area is 266 Å². The number of Topliss-reactive ketones (excluding diaryl/α,β-unsaturated/α-hetero) is 1. The molecule has 2 N–H and O–H groups in total. The zero-order valence-electron chi connectivity index (χ0n) is 25.1. The number of rotatable bonds is 9. The largest absolute Gasteiger partial charge is 0.476 e. The summed E-state index contributed by atoms with van der Waals surface area (Å²) >= 11 is 1.03. The Hall–Kier alpha value is -4.38. The molecule has 1 aromatic heterocycles. The van der Waals surface area contributed by atoms with E-state index in [9.17, 15) is 24.3 Å². The van der Waals surface area contributed by atoms with Gasteiger partial charge in [-0.1, -0.05) is 68.9 Å². The maximum Gasteiger partial charge on any atom is 0.365 e. The second-order valence-corrected chi connectivity index (χ2v) is 12.9. The molecule has 2 heterocycles. The average Bonchev–Trinajstić information content (AvgIpc) is 3.54. The number of hydrazone groups is 1. The van der Waals surface area contributed by atoms with Gasteiger partial charge in [-0.25, -0.2) is 19.6 Å². The molecule has 0 unspecified atom stereocenters. The summed E-state index contributed by atoms with van der Waals surface area (Å²) in [5.74, 6) is -1.40. The predicted octanol–water partition coefficient (Wildman–Crippen LogP) is 6.82. The molecular formula is C34H37N5O5S. The Bertz CT molecular complexity index is 1620. The number of hydrogen-bond acceptors (Lipinski definition) is 7. The van der Waals surface area contributed by atoms with Crippen molar-refractivity contribution >= 4 is 52.1 Å². The quantitative estimate of drug-likeness (QED) is 0.268. The number of carboxylic acid groups (broad SMARTS) is 1. The number of anilines is 2. The van der Waals surface area contributed by atoms with Crippen LogP contribution in [0.5, 0.6) is 0 Å². The van der Waals surface area contributed by atoms with Gasteiger partial charge in [0.15, 0.2) is 5.78 Å². The third kappa shape index (κ3) is 6.98. The van der Waals surface area contributed by atoms with Crippen LogP contribution in [0.4, 0.5) is 16.2 Å². The molecule has 234 valence electrons. The molecule has 2 aromatic carbocycles. The fraction of sp³-hybridized carbons (Fsp3) is 0.412. The summed E-state index contributed by atoms with van der Waals surface area (Å²) in [7, 11) is 0. The van der Waals surface area contributed by atoms with E-state index in [2.05, 4.69) is 10.3 Å². The number of nitrogens with one attached hydrogen (secondary N) is 1. The summed E-state index contributed by atoms with van der Waals surface area (Å²) in [5.41, 5.74) is 3.92. The molecule has 0 saturated heterocycles. The van der Waals surface area contributed by atoms with Gasteiger partial charge in [-0.15, -0.1) is 11.3 Å². The van der Waals surface area contributed by atoms with Crippen LogP contribution in [-0.4, -0.2) is 57.6 Å². The van der Waals surface area contributed by atoms with Gasteiger partial charge in [0.05, 0.1) is 23.6 Å². The third-order valence-electron chi connectivity index (χ3n) is 8.94. The van der Waals surface area contributed by atoms with Gasteiger partial charge in [0.25, 0.3) is 0 Å². The fourth-order valence-electron chi connectivity index (χ4n) is 6.63. The molecule has 3 aliphatic rings. The highest BCUT2D eigenvalue weighted by Gasteiger charge is 2.36. The summed E-state index contributed by atoms with van der Waals surface area (Å²) < 4.78 is 0. The van der Waals surface area contributed by atoms with Crippen LogP contribution in [0.25, 0.3) is 11.3 Å². The van der Waals surface area contributed by atoms with Crippen LogP contribution in [-0.2, 0) is 9.59 Å². The number of para-hydroxylation sites is 1. The molecule has 6 rings (SSSR count). The molecule has 0 bridgehead atoms. The van der Waals surface area contributed by atoms with E-state index in [-0.39, 0.29) is 35.7 Å². The van der Waals surface area contributed by atoms with Crippen LogP contribution in [0.15, 0.2) is 59.0 Å². The van der Waals surface area contributed by atoms with Crippen molar-refractivity contribution in [3.05, 3.63) is 64.5 Å². The number of nitrogens with zero attached hydrogens (tertiary/aromatic N) is 4. The van der Waals surface area contributed by atoms with Gasteiger partial charge in [0.1, 0.15) is 6.54 Å². The number of amides is 3. The maximum absolute atomic E-state index is 14.2. The van der Waals surface area contributed by atoms with Gasteiger partial charge in [-0.05, 0) is 43.9 Å². The van der Waals surface area contributed by atoms with Crippen LogP contribution in [0.1, 0.15) is 79.6 Å². The summed E-state index contributed by atoms with van der Waals surface area (Å²) in [6, 6.07) is 14.1. The lowest BCUT2D eigenvalue weighted by atomic mass is 9.82. The number of aromatic carboxylic acids is 1. The standard InChI is InChI=1S/C34H37N5O5S/c40-29(22-10-3-1-4-11-22)19-38-28-17-8-7-16-26(28)31(23-12-5-2-6-13-23)37-39(34(38)44)20-30(41)35-25-15-9-14-24(18-25)27-21-45-32(36-27)33(42)43/h7-9,14-18,21-23H,1-6,10-13,19-20H2,(H,35,41)(H,42,43). The average molecular weight is 628 g/mol. The summed E-state index contributed by atoms with van der Waals surface area (Å²) in [6.45, 7) is -0.388. The molecule has 10 nitrogen and oxygen atoms in total. The summed E-state index contributed by atoms with van der Waals surface area (Å²) in [5, 5.41) is 19.8. The Morgan fingerprint density at radius 2 is 1.64 bits per heavy atom. The maximum atomic E-state index is 14.2. The minimum Gasteiger partial charge on any atom is -0.476 e. The normalized spacial score (nSPS) is 17.8. The van der Waals surface area contributed by atoms with E-state index in [1.54, 1.807) is 29.6 Å². The van der Waals surface area contributed by atoms with Gasteiger partial charge in [-0.3, -0.25) is 14.5 Å². The first-order valence-corrected chi connectivity index (χ1v) is 16.6. The zero-order valence-corrected chi connectivity index (χ0v) is 25.9. The van der Waals surface area contributed by atoms with E-state index >= 15 is 0 Å². The number of benzene rings is 2. The molecule has 0 radical (unpaired) electrons. The topological polar surface area (TPSA) is 132 Å². The zero-order chi connectivity index (χ0) is 31.3.